The van der Waals surface area contributed by atoms with Gasteiger partial charge in [0, 0.05) is 28.5 Å². The molecule has 5 nitrogen and oxygen atoms in total. The lowest BCUT2D eigenvalue weighted by Crippen LogP contribution is -2.12. The molecule has 0 saturated carbocycles. The lowest BCUT2D eigenvalue weighted by atomic mass is 10.0. The van der Waals surface area contributed by atoms with Crippen molar-refractivity contribution in [1.82, 2.24) is 9.97 Å². The van der Waals surface area contributed by atoms with Crippen molar-refractivity contribution in [2.45, 2.75) is 0 Å². The molecule has 132 valence electrons. The molecule has 1 N–H and O–H groups in total. The van der Waals surface area contributed by atoms with Gasteiger partial charge in [0.2, 0.25) is 5.88 Å². The normalized spacial score (nSPS) is 10.6. The Morgan fingerprint density at radius 1 is 1.00 bits per heavy atom. The maximum Gasteiger partial charge on any atom is 0.256 e. The van der Waals surface area contributed by atoms with Crippen molar-refractivity contribution in [1.29, 1.82) is 0 Å². The van der Waals surface area contributed by atoms with E-state index in [4.69, 9.17) is 16.3 Å². The van der Waals surface area contributed by atoms with E-state index in [9.17, 15) is 4.79 Å². The number of carbonyl (C=O) groups excluding carboxylic acids is 1. The van der Waals surface area contributed by atoms with E-state index in [1.807, 2.05) is 24.3 Å². The molecular weight excluding hydrogens is 362 g/mol. The van der Waals surface area contributed by atoms with Crippen molar-refractivity contribution >= 4 is 34.0 Å². The van der Waals surface area contributed by atoms with Gasteiger partial charge in [-0.3, -0.25) is 4.79 Å². The molecule has 6 heteroatoms. The highest BCUT2D eigenvalue weighted by atomic mass is 35.5. The van der Waals surface area contributed by atoms with Crippen molar-refractivity contribution in [2.24, 2.45) is 0 Å². The van der Waals surface area contributed by atoms with E-state index < -0.39 is 0 Å². The van der Waals surface area contributed by atoms with Crippen LogP contribution in [0.2, 0.25) is 5.02 Å². The van der Waals surface area contributed by atoms with Crippen LogP contribution in [0.5, 0.6) is 11.6 Å². The molecule has 27 heavy (non-hydrogen) atoms. The van der Waals surface area contributed by atoms with Crippen LogP contribution in [0.1, 0.15) is 10.4 Å². The predicted molar refractivity (Wildman–Crippen MR) is 105 cm³/mol. The number of benzene rings is 3. The molecular formula is C21H14ClN3O2. The lowest BCUT2D eigenvalue weighted by Gasteiger charge is -2.10. The summed E-state index contributed by atoms with van der Waals surface area (Å²) < 4.78 is 5.73. The Kier molecular flexibility index (Phi) is 4.68. The zero-order chi connectivity index (χ0) is 18.6. The molecule has 0 atom stereocenters. The van der Waals surface area contributed by atoms with E-state index in [2.05, 4.69) is 15.3 Å². The van der Waals surface area contributed by atoms with Crippen LogP contribution in [-0.2, 0) is 0 Å². The summed E-state index contributed by atoms with van der Waals surface area (Å²) in [6.07, 6.45) is 3.04. The zero-order valence-corrected chi connectivity index (χ0v) is 14.9. The van der Waals surface area contributed by atoms with E-state index in [0.717, 1.165) is 10.8 Å². The van der Waals surface area contributed by atoms with E-state index in [0.29, 0.717) is 27.9 Å². The number of aromatic nitrogens is 2. The molecule has 0 aliphatic carbocycles. The molecule has 1 amide bonds. The molecule has 0 bridgehead atoms. The number of hydrogen-bond donors (Lipinski definition) is 1. The fourth-order valence-corrected chi connectivity index (χ4v) is 2.94. The van der Waals surface area contributed by atoms with Gasteiger partial charge in [0.05, 0.1) is 0 Å². The first-order chi connectivity index (χ1) is 13.2. The van der Waals surface area contributed by atoms with E-state index in [1.54, 1.807) is 48.7 Å². The second-order valence-corrected chi connectivity index (χ2v) is 6.24. The molecule has 0 fully saturated rings. The van der Waals surface area contributed by atoms with E-state index in [-0.39, 0.29) is 5.91 Å². The predicted octanol–water partition coefficient (Wildman–Crippen LogP) is 5.33. The van der Waals surface area contributed by atoms with Crippen molar-refractivity contribution in [3.63, 3.8) is 0 Å². The fraction of sp³-hybridized carbons (Fsp3) is 0. The van der Waals surface area contributed by atoms with Crippen LogP contribution in [0, 0.1) is 0 Å². The number of halogens is 1. The number of rotatable bonds is 4. The van der Waals surface area contributed by atoms with Gasteiger partial charge in [-0.05, 0) is 53.2 Å². The maximum absolute atomic E-state index is 12.7. The molecule has 0 saturated heterocycles. The van der Waals surface area contributed by atoms with E-state index >= 15 is 0 Å². The van der Waals surface area contributed by atoms with Crippen LogP contribution in [-0.4, -0.2) is 15.9 Å². The van der Waals surface area contributed by atoms with E-state index in [1.165, 1.54) is 6.33 Å². The van der Waals surface area contributed by atoms with Gasteiger partial charge in [0.1, 0.15) is 12.1 Å². The standard InChI is InChI=1S/C21H14ClN3O2/c22-15-4-2-5-16(12-15)25-21(26)19-6-1-3-14-11-17(7-8-18(14)19)27-20-9-10-23-13-24-20/h1-13H,(H,25,26). The van der Waals surface area contributed by atoms with Gasteiger partial charge in [-0.25, -0.2) is 9.97 Å². The Morgan fingerprint density at radius 2 is 1.89 bits per heavy atom. The summed E-state index contributed by atoms with van der Waals surface area (Å²) in [5.41, 5.74) is 1.22. The third-order valence-corrected chi connectivity index (χ3v) is 4.19. The first-order valence-electron chi connectivity index (χ1n) is 8.22. The Morgan fingerprint density at radius 3 is 2.70 bits per heavy atom. The number of ether oxygens (including phenoxy) is 1. The number of amides is 1. The van der Waals surface area contributed by atoms with Gasteiger partial charge in [-0.1, -0.05) is 29.8 Å². The Labute approximate surface area is 160 Å². The zero-order valence-electron chi connectivity index (χ0n) is 14.1. The third kappa shape index (κ3) is 3.88. The molecule has 0 radical (unpaired) electrons. The van der Waals surface area contributed by atoms with Crippen LogP contribution < -0.4 is 10.1 Å². The number of carbonyl (C=O) groups is 1. The van der Waals surface area contributed by atoms with Gasteiger partial charge in [0.15, 0.2) is 0 Å². The summed E-state index contributed by atoms with van der Waals surface area (Å²) in [7, 11) is 0. The highest BCUT2D eigenvalue weighted by molar-refractivity contribution is 6.31. The van der Waals surface area contributed by atoms with Crippen molar-refractivity contribution in [3.05, 3.63) is 89.8 Å². The Balaban J connectivity index is 1.63. The minimum atomic E-state index is -0.202. The molecule has 0 spiro atoms. The van der Waals surface area contributed by atoms with Gasteiger partial charge in [-0.2, -0.15) is 0 Å². The second kappa shape index (κ2) is 7.43. The highest BCUT2D eigenvalue weighted by Gasteiger charge is 2.11. The number of hydrogen-bond acceptors (Lipinski definition) is 4. The molecule has 1 aromatic heterocycles. The van der Waals surface area contributed by atoms with Gasteiger partial charge in [-0.15, -0.1) is 0 Å². The third-order valence-electron chi connectivity index (χ3n) is 3.96. The largest absolute Gasteiger partial charge is 0.439 e. The summed E-state index contributed by atoms with van der Waals surface area (Å²) in [4.78, 5) is 20.6. The van der Waals surface area contributed by atoms with Crippen LogP contribution in [0.3, 0.4) is 0 Å². The number of nitrogens with one attached hydrogen (secondary N) is 1. The number of anilines is 1. The molecule has 4 rings (SSSR count). The lowest BCUT2D eigenvalue weighted by molar-refractivity contribution is 0.102. The second-order valence-electron chi connectivity index (χ2n) is 5.80. The van der Waals surface area contributed by atoms with Crippen molar-refractivity contribution in [2.75, 3.05) is 5.32 Å². The molecule has 0 aliphatic heterocycles. The molecule has 0 unspecified atom stereocenters. The Hall–Kier alpha value is -3.44. The summed E-state index contributed by atoms with van der Waals surface area (Å²) >= 11 is 5.98. The minimum absolute atomic E-state index is 0.202. The first-order valence-corrected chi connectivity index (χ1v) is 8.60. The summed E-state index contributed by atoms with van der Waals surface area (Å²) in [6.45, 7) is 0. The highest BCUT2D eigenvalue weighted by Crippen LogP contribution is 2.27. The quantitative estimate of drug-likeness (QED) is 0.523. The average molecular weight is 376 g/mol. The fourth-order valence-electron chi connectivity index (χ4n) is 2.75. The van der Waals surface area contributed by atoms with Crippen LogP contribution in [0.25, 0.3) is 10.8 Å². The number of fused-ring (bicyclic) bond motifs is 1. The minimum Gasteiger partial charge on any atom is -0.439 e. The van der Waals surface area contributed by atoms with Crippen LogP contribution in [0.15, 0.2) is 79.3 Å². The monoisotopic (exact) mass is 375 g/mol. The van der Waals surface area contributed by atoms with Gasteiger partial charge >= 0.3 is 0 Å². The Bertz CT molecular complexity index is 1120. The molecule has 4 aromatic rings. The number of nitrogens with zero attached hydrogens (tertiary/aromatic N) is 2. The topological polar surface area (TPSA) is 64.1 Å². The SMILES string of the molecule is O=C(Nc1cccc(Cl)c1)c1cccc2cc(Oc3ccncn3)ccc12. The summed E-state index contributed by atoms with van der Waals surface area (Å²) in [6, 6.07) is 19.8. The summed E-state index contributed by atoms with van der Waals surface area (Å²) in [5, 5.41) is 5.16. The van der Waals surface area contributed by atoms with Crippen LogP contribution >= 0.6 is 11.6 Å². The average Bonchev–Trinajstić information content (AvgIpc) is 2.68. The molecule has 0 aliphatic rings. The molecule has 3 aromatic carbocycles. The maximum atomic E-state index is 12.7. The van der Waals surface area contributed by atoms with Crippen molar-refractivity contribution < 1.29 is 9.53 Å². The van der Waals surface area contributed by atoms with Crippen LogP contribution in [0.4, 0.5) is 5.69 Å². The van der Waals surface area contributed by atoms with Gasteiger partial charge in [0.25, 0.3) is 5.91 Å². The smallest absolute Gasteiger partial charge is 0.256 e. The first kappa shape index (κ1) is 17.0. The summed E-state index contributed by atoms with van der Waals surface area (Å²) in [5.74, 6) is 0.889. The molecule has 1 heterocycles. The van der Waals surface area contributed by atoms with Gasteiger partial charge < -0.3 is 10.1 Å². The van der Waals surface area contributed by atoms with Crippen molar-refractivity contribution in [3.8, 4) is 11.6 Å².